The van der Waals surface area contributed by atoms with Crippen LogP contribution < -0.4 is 10.1 Å². The second-order valence-corrected chi connectivity index (χ2v) is 6.48. The second-order valence-electron chi connectivity index (χ2n) is 6.07. The molecule has 6 heteroatoms. The van der Waals surface area contributed by atoms with Gasteiger partial charge in [0.25, 0.3) is 5.91 Å². The molecule has 0 saturated heterocycles. The quantitative estimate of drug-likeness (QED) is 0.565. The van der Waals surface area contributed by atoms with Crippen molar-refractivity contribution in [1.82, 2.24) is 5.32 Å². The summed E-state index contributed by atoms with van der Waals surface area (Å²) in [5.41, 5.74) is 2.26. The summed E-state index contributed by atoms with van der Waals surface area (Å²) in [5.74, 6) is -0.353. The van der Waals surface area contributed by atoms with E-state index in [4.69, 9.17) is 21.1 Å². The molecule has 0 bridgehead atoms. The number of benzene rings is 1. The molecule has 0 unspecified atom stereocenters. The Balaban J connectivity index is 1.59. The summed E-state index contributed by atoms with van der Waals surface area (Å²) in [6.07, 6.45) is 7.85. The van der Waals surface area contributed by atoms with E-state index in [1.54, 1.807) is 18.2 Å². The van der Waals surface area contributed by atoms with Gasteiger partial charge in [-0.2, -0.15) is 0 Å². The molecule has 1 aliphatic carbocycles. The van der Waals surface area contributed by atoms with Gasteiger partial charge in [-0.3, -0.25) is 4.79 Å². The first-order valence-corrected chi connectivity index (χ1v) is 8.91. The van der Waals surface area contributed by atoms with E-state index in [1.807, 2.05) is 6.92 Å². The molecule has 1 aromatic rings. The van der Waals surface area contributed by atoms with Crippen molar-refractivity contribution in [3.8, 4) is 5.75 Å². The maximum absolute atomic E-state index is 11.7. The van der Waals surface area contributed by atoms with Crippen LogP contribution in [0.25, 0.3) is 0 Å². The number of halogens is 1. The number of allylic oxidation sites excluding steroid dienone is 1. The molecule has 0 spiro atoms. The molecule has 5 nitrogen and oxygen atoms in total. The fourth-order valence-electron chi connectivity index (χ4n) is 2.58. The summed E-state index contributed by atoms with van der Waals surface area (Å²) in [5, 5.41) is 3.40. The van der Waals surface area contributed by atoms with Gasteiger partial charge in [-0.25, -0.2) is 4.79 Å². The lowest BCUT2D eigenvalue weighted by atomic mass is 9.97. The lowest BCUT2D eigenvalue weighted by Crippen LogP contribution is -2.30. The Hall–Kier alpha value is -2.01. The Kier molecular flexibility index (Phi) is 7.79. The molecule has 1 amide bonds. The summed E-state index contributed by atoms with van der Waals surface area (Å²) in [4.78, 5) is 23.3. The van der Waals surface area contributed by atoms with Crippen LogP contribution in [0, 0.1) is 6.92 Å². The van der Waals surface area contributed by atoms with Crippen LogP contribution in [0.2, 0.25) is 5.02 Å². The van der Waals surface area contributed by atoms with Gasteiger partial charge in [-0.15, -0.1) is 0 Å². The summed E-state index contributed by atoms with van der Waals surface area (Å²) in [7, 11) is 0. The normalized spacial score (nSPS) is 13.8. The molecule has 1 aromatic carbocycles. The average Bonchev–Trinajstić information content (AvgIpc) is 2.62. The third-order valence-electron chi connectivity index (χ3n) is 4.00. The van der Waals surface area contributed by atoms with Gasteiger partial charge in [0.15, 0.2) is 13.2 Å². The van der Waals surface area contributed by atoms with Crippen molar-refractivity contribution in [2.75, 3.05) is 19.8 Å². The third-order valence-corrected chi connectivity index (χ3v) is 4.43. The van der Waals surface area contributed by atoms with E-state index in [-0.39, 0.29) is 19.1 Å². The smallest absolute Gasteiger partial charge is 0.344 e. The predicted molar refractivity (Wildman–Crippen MR) is 96.8 cm³/mol. The van der Waals surface area contributed by atoms with Gasteiger partial charge in [-0.1, -0.05) is 23.3 Å². The minimum absolute atomic E-state index is 0.249. The van der Waals surface area contributed by atoms with Gasteiger partial charge in [-0.05, 0) is 62.8 Å². The van der Waals surface area contributed by atoms with Crippen molar-refractivity contribution in [2.45, 2.75) is 39.0 Å². The van der Waals surface area contributed by atoms with Crippen LogP contribution in [-0.4, -0.2) is 31.6 Å². The molecule has 1 N–H and O–H groups in total. The van der Waals surface area contributed by atoms with E-state index in [0.717, 1.165) is 24.8 Å². The fourth-order valence-corrected chi connectivity index (χ4v) is 2.70. The van der Waals surface area contributed by atoms with E-state index in [2.05, 4.69) is 11.4 Å². The van der Waals surface area contributed by atoms with Crippen molar-refractivity contribution in [3.05, 3.63) is 40.4 Å². The summed E-state index contributed by atoms with van der Waals surface area (Å²) in [6.45, 7) is 1.88. The first-order valence-electron chi connectivity index (χ1n) is 8.54. The third kappa shape index (κ3) is 7.18. The number of amides is 1. The maximum Gasteiger partial charge on any atom is 0.344 e. The van der Waals surface area contributed by atoms with Crippen LogP contribution in [-0.2, 0) is 14.3 Å². The molecule has 1 aliphatic rings. The zero-order chi connectivity index (χ0) is 18.1. The number of ether oxygens (including phenoxy) is 2. The van der Waals surface area contributed by atoms with Crippen molar-refractivity contribution >= 4 is 23.5 Å². The average molecular weight is 366 g/mol. The van der Waals surface area contributed by atoms with E-state index in [1.165, 1.54) is 18.4 Å². The van der Waals surface area contributed by atoms with Crippen LogP contribution in [0.3, 0.4) is 0 Å². The largest absolute Gasteiger partial charge is 0.482 e. The van der Waals surface area contributed by atoms with Gasteiger partial charge in [0, 0.05) is 11.6 Å². The van der Waals surface area contributed by atoms with Gasteiger partial charge in [0.1, 0.15) is 5.75 Å². The van der Waals surface area contributed by atoms with Gasteiger partial charge in [0.2, 0.25) is 0 Å². The first-order chi connectivity index (χ1) is 12.0. The fraction of sp³-hybridized carbons (Fsp3) is 0.474. The minimum Gasteiger partial charge on any atom is -0.482 e. The molecule has 0 aromatic heterocycles. The SMILES string of the molecule is Cc1cc(OCC(=O)OCC(=O)NCCC2=CCCCC2)ccc1Cl. The molecule has 0 fully saturated rings. The highest BCUT2D eigenvalue weighted by atomic mass is 35.5. The zero-order valence-electron chi connectivity index (χ0n) is 14.5. The Bertz CT molecular complexity index is 642. The minimum atomic E-state index is -0.585. The van der Waals surface area contributed by atoms with Gasteiger partial charge in [0.05, 0.1) is 0 Å². The van der Waals surface area contributed by atoms with Gasteiger partial charge < -0.3 is 14.8 Å². The first kappa shape index (κ1) is 19.3. The number of esters is 1. The van der Waals surface area contributed by atoms with Crippen LogP contribution in [0.5, 0.6) is 5.75 Å². The summed E-state index contributed by atoms with van der Waals surface area (Å²) >= 11 is 5.92. The molecule has 25 heavy (non-hydrogen) atoms. The number of aryl methyl sites for hydroxylation is 1. The topological polar surface area (TPSA) is 64.6 Å². The molecule has 2 rings (SSSR count). The molecule has 0 aliphatic heterocycles. The van der Waals surface area contributed by atoms with Crippen LogP contribution in [0.1, 0.15) is 37.7 Å². The predicted octanol–water partition coefficient (Wildman–Crippen LogP) is 3.58. The van der Waals surface area contributed by atoms with E-state index in [9.17, 15) is 9.59 Å². The maximum atomic E-state index is 11.7. The van der Waals surface area contributed by atoms with Crippen molar-refractivity contribution < 1.29 is 19.1 Å². The number of hydrogen-bond acceptors (Lipinski definition) is 4. The van der Waals surface area contributed by atoms with E-state index < -0.39 is 5.97 Å². The zero-order valence-corrected chi connectivity index (χ0v) is 15.2. The van der Waals surface area contributed by atoms with Gasteiger partial charge >= 0.3 is 5.97 Å². The Morgan fingerprint density at radius 3 is 2.80 bits per heavy atom. The monoisotopic (exact) mass is 365 g/mol. The Morgan fingerprint density at radius 2 is 2.08 bits per heavy atom. The molecule has 0 radical (unpaired) electrons. The van der Waals surface area contributed by atoms with Crippen LogP contribution >= 0.6 is 11.6 Å². The highest BCUT2D eigenvalue weighted by Gasteiger charge is 2.09. The lowest BCUT2D eigenvalue weighted by Gasteiger charge is -2.13. The van der Waals surface area contributed by atoms with Crippen molar-refractivity contribution in [3.63, 3.8) is 0 Å². The molecule has 0 atom stereocenters. The molecule has 0 heterocycles. The number of carbonyl (C=O) groups is 2. The highest BCUT2D eigenvalue weighted by molar-refractivity contribution is 6.31. The molecular weight excluding hydrogens is 342 g/mol. The van der Waals surface area contributed by atoms with Crippen LogP contribution in [0.4, 0.5) is 0 Å². The number of nitrogens with one attached hydrogen (secondary N) is 1. The van der Waals surface area contributed by atoms with E-state index in [0.29, 0.717) is 17.3 Å². The lowest BCUT2D eigenvalue weighted by molar-refractivity contribution is -0.150. The van der Waals surface area contributed by atoms with E-state index >= 15 is 0 Å². The highest BCUT2D eigenvalue weighted by Crippen LogP contribution is 2.21. The summed E-state index contributed by atoms with van der Waals surface area (Å²) in [6, 6.07) is 5.12. The van der Waals surface area contributed by atoms with Crippen LogP contribution in [0.15, 0.2) is 29.8 Å². The number of carbonyl (C=O) groups excluding carboxylic acids is 2. The standard InChI is InChI=1S/C19H24ClNO4/c1-14-11-16(7-8-17(14)20)24-13-19(23)25-12-18(22)21-10-9-15-5-3-2-4-6-15/h5,7-8,11H,2-4,6,9-10,12-13H2,1H3,(H,21,22). The number of rotatable bonds is 8. The second kappa shape index (κ2) is 10.1. The van der Waals surface area contributed by atoms with Crippen molar-refractivity contribution in [1.29, 1.82) is 0 Å². The molecular formula is C19H24ClNO4. The number of hydrogen-bond donors (Lipinski definition) is 1. The Labute approximate surface area is 153 Å². The molecule has 136 valence electrons. The van der Waals surface area contributed by atoms with Crippen molar-refractivity contribution in [2.24, 2.45) is 0 Å². The summed E-state index contributed by atoms with van der Waals surface area (Å²) < 4.78 is 10.2. The Morgan fingerprint density at radius 1 is 1.24 bits per heavy atom. The molecule has 0 saturated carbocycles.